The van der Waals surface area contributed by atoms with Gasteiger partial charge in [-0.25, -0.2) is 4.98 Å². The number of benzene rings is 1. The number of fused-ring (bicyclic) bond motifs is 1. The number of hydrogen-bond donors (Lipinski definition) is 3. The Morgan fingerprint density at radius 2 is 2.30 bits per heavy atom. The van der Waals surface area contributed by atoms with Gasteiger partial charge in [0.1, 0.15) is 5.49 Å². The molecule has 0 unspecified atom stereocenters. The smallest absolute Gasteiger partial charge is 0.230 e. The van der Waals surface area contributed by atoms with Crippen LogP contribution in [0.3, 0.4) is 0 Å². The van der Waals surface area contributed by atoms with Crippen LogP contribution in [-0.4, -0.2) is 50.7 Å². The first-order chi connectivity index (χ1) is 14.4. The number of carbonyl (C=O) groups excluding carboxylic acids is 1. The molecule has 0 spiro atoms. The molecule has 8 nitrogen and oxygen atoms in total. The van der Waals surface area contributed by atoms with E-state index in [2.05, 4.69) is 20.5 Å². The first-order valence-corrected chi connectivity index (χ1v) is 11.1. The Labute approximate surface area is 182 Å². The summed E-state index contributed by atoms with van der Waals surface area (Å²) in [6.07, 6.45) is 2.11. The Morgan fingerprint density at radius 3 is 3.03 bits per heavy atom. The second-order valence-corrected chi connectivity index (χ2v) is 8.64. The van der Waals surface area contributed by atoms with Gasteiger partial charge in [-0.15, -0.1) is 0 Å². The molecule has 10 heteroatoms. The fourth-order valence-electron chi connectivity index (χ4n) is 3.40. The van der Waals surface area contributed by atoms with Gasteiger partial charge in [-0.3, -0.25) is 19.9 Å². The zero-order valence-corrected chi connectivity index (χ0v) is 18.4. The number of aromatic nitrogens is 4. The van der Waals surface area contributed by atoms with Crippen LogP contribution in [0.4, 0.5) is 0 Å². The van der Waals surface area contributed by atoms with Crippen LogP contribution < -0.4 is 10.8 Å². The predicted octanol–water partition coefficient (Wildman–Crippen LogP) is 2.89. The van der Waals surface area contributed by atoms with Gasteiger partial charge in [0, 0.05) is 23.9 Å². The van der Waals surface area contributed by atoms with E-state index in [-0.39, 0.29) is 23.3 Å². The highest BCUT2D eigenvalue weighted by Gasteiger charge is 2.19. The summed E-state index contributed by atoms with van der Waals surface area (Å²) < 4.78 is 7.25. The van der Waals surface area contributed by atoms with E-state index in [0.717, 1.165) is 30.7 Å². The molecule has 3 heterocycles. The van der Waals surface area contributed by atoms with E-state index in [4.69, 9.17) is 21.7 Å². The van der Waals surface area contributed by atoms with Crippen LogP contribution >= 0.6 is 23.4 Å². The molecular weight excluding hydrogens is 424 g/mol. The van der Waals surface area contributed by atoms with Gasteiger partial charge in [0.25, 0.3) is 0 Å². The number of carbonyl (C=O) groups is 1. The number of amides is 1. The van der Waals surface area contributed by atoms with Crippen molar-refractivity contribution in [3.63, 3.8) is 0 Å². The number of H-pyrrole nitrogens is 1. The number of aromatic amines is 1. The molecule has 2 aromatic heterocycles. The highest BCUT2D eigenvalue weighted by molar-refractivity contribution is 7.99. The lowest BCUT2D eigenvalue weighted by atomic mass is 10.2. The summed E-state index contributed by atoms with van der Waals surface area (Å²) in [5.41, 5.74) is 3.12. The molecular formula is C20H23ClN6O2S. The van der Waals surface area contributed by atoms with Crippen molar-refractivity contribution in [1.82, 2.24) is 25.1 Å². The third-order valence-corrected chi connectivity index (χ3v) is 6.42. The van der Waals surface area contributed by atoms with Crippen LogP contribution in [0.5, 0.6) is 0 Å². The van der Waals surface area contributed by atoms with Gasteiger partial charge in [0.05, 0.1) is 22.9 Å². The second-order valence-electron chi connectivity index (χ2n) is 7.29. The quantitative estimate of drug-likeness (QED) is 0.398. The third-order valence-electron chi connectivity index (χ3n) is 5.08. The lowest BCUT2D eigenvalue weighted by Crippen LogP contribution is -2.33. The van der Waals surface area contributed by atoms with E-state index in [0.29, 0.717) is 33.4 Å². The first kappa shape index (κ1) is 20.9. The Bertz CT molecular complexity index is 1150. The number of nitrogens with zero attached hydrogens (tertiary/aromatic N) is 3. The molecule has 4 rings (SSSR count). The SMILES string of the molecule is Cc1ccc(-n2c(SCC(=O)NC[C@@H]3CCCO3)nc3n[nH]c(C)c3c2=N)cc1Cl. The normalized spacial score (nSPS) is 16.3. The van der Waals surface area contributed by atoms with E-state index in [1.807, 2.05) is 26.0 Å². The summed E-state index contributed by atoms with van der Waals surface area (Å²) in [5, 5.41) is 20.5. The molecule has 1 amide bonds. The van der Waals surface area contributed by atoms with Crippen LogP contribution in [0.1, 0.15) is 24.1 Å². The highest BCUT2D eigenvalue weighted by atomic mass is 35.5. The second kappa shape index (κ2) is 8.79. The molecule has 1 atom stereocenters. The fourth-order valence-corrected chi connectivity index (χ4v) is 4.41. The van der Waals surface area contributed by atoms with E-state index < -0.39 is 0 Å². The van der Waals surface area contributed by atoms with E-state index >= 15 is 0 Å². The number of rotatable bonds is 6. The van der Waals surface area contributed by atoms with E-state index in [1.165, 1.54) is 11.8 Å². The van der Waals surface area contributed by atoms with Crippen LogP contribution in [0, 0.1) is 19.3 Å². The number of thioether (sulfide) groups is 1. The van der Waals surface area contributed by atoms with Crippen molar-refractivity contribution in [1.29, 1.82) is 5.41 Å². The Balaban J connectivity index is 1.63. The number of nitrogens with one attached hydrogen (secondary N) is 3. The van der Waals surface area contributed by atoms with Crippen LogP contribution in [0.25, 0.3) is 16.7 Å². The van der Waals surface area contributed by atoms with Crippen molar-refractivity contribution in [3.8, 4) is 5.69 Å². The molecule has 0 saturated carbocycles. The lowest BCUT2D eigenvalue weighted by Gasteiger charge is -2.15. The van der Waals surface area contributed by atoms with Crippen molar-refractivity contribution in [3.05, 3.63) is 40.0 Å². The summed E-state index contributed by atoms with van der Waals surface area (Å²) in [4.78, 5) is 17.0. The van der Waals surface area contributed by atoms with Crippen LogP contribution in [-0.2, 0) is 9.53 Å². The molecule has 158 valence electrons. The minimum atomic E-state index is -0.101. The standard InChI is InChI=1S/C20H23ClN6O2S/c1-11-5-6-13(8-15(11)21)27-18(22)17-12(2)25-26-19(17)24-20(27)30-10-16(28)23-9-14-4-3-7-29-14/h5-6,8,14,22H,3-4,7,9-10H2,1-2H3,(H,23,28)(H,25,26)/t14-/m0/s1. The predicted molar refractivity (Wildman–Crippen MR) is 116 cm³/mol. The number of hydrogen-bond acceptors (Lipinski definition) is 6. The van der Waals surface area contributed by atoms with Gasteiger partial charge < -0.3 is 10.1 Å². The molecule has 30 heavy (non-hydrogen) atoms. The van der Waals surface area contributed by atoms with Crippen molar-refractivity contribution < 1.29 is 9.53 Å². The average Bonchev–Trinajstić information content (AvgIpc) is 3.37. The van der Waals surface area contributed by atoms with Gasteiger partial charge in [-0.05, 0) is 44.4 Å². The Hall–Kier alpha value is -2.36. The summed E-state index contributed by atoms with van der Waals surface area (Å²) in [5.74, 6) is 0.0730. The number of aryl methyl sites for hydroxylation is 2. The molecule has 3 N–H and O–H groups in total. The topological polar surface area (TPSA) is 109 Å². The number of ether oxygens (including phenoxy) is 1. The third kappa shape index (κ3) is 4.23. The molecule has 3 aromatic rings. The summed E-state index contributed by atoms with van der Waals surface area (Å²) in [6, 6.07) is 5.60. The summed E-state index contributed by atoms with van der Waals surface area (Å²) in [6.45, 7) is 5.05. The van der Waals surface area contributed by atoms with Crippen molar-refractivity contribution in [2.75, 3.05) is 18.9 Å². The summed E-state index contributed by atoms with van der Waals surface area (Å²) in [7, 11) is 0. The molecule has 1 aliphatic heterocycles. The van der Waals surface area contributed by atoms with Crippen molar-refractivity contribution in [2.24, 2.45) is 0 Å². The van der Waals surface area contributed by atoms with Gasteiger partial charge >= 0.3 is 0 Å². The van der Waals surface area contributed by atoms with Gasteiger partial charge in [-0.1, -0.05) is 29.4 Å². The molecule has 1 aromatic carbocycles. The maximum Gasteiger partial charge on any atom is 0.230 e. The minimum Gasteiger partial charge on any atom is -0.376 e. The van der Waals surface area contributed by atoms with E-state index in [1.54, 1.807) is 10.6 Å². The fraction of sp³-hybridized carbons (Fsp3) is 0.400. The number of halogens is 1. The lowest BCUT2D eigenvalue weighted by molar-refractivity contribution is -0.119. The van der Waals surface area contributed by atoms with Crippen molar-refractivity contribution in [2.45, 2.75) is 37.9 Å². The van der Waals surface area contributed by atoms with Gasteiger partial charge in [0.15, 0.2) is 10.8 Å². The van der Waals surface area contributed by atoms with Crippen LogP contribution in [0.15, 0.2) is 23.4 Å². The molecule has 1 aliphatic rings. The molecule has 1 fully saturated rings. The molecule has 0 bridgehead atoms. The largest absolute Gasteiger partial charge is 0.376 e. The molecule has 1 saturated heterocycles. The average molecular weight is 447 g/mol. The maximum atomic E-state index is 12.4. The van der Waals surface area contributed by atoms with E-state index in [9.17, 15) is 4.79 Å². The highest BCUT2D eigenvalue weighted by Crippen LogP contribution is 2.24. The van der Waals surface area contributed by atoms with Crippen molar-refractivity contribution >= 4 is 40.3 Å². The van der Waals surface area contributed by atoms with Gasteiger partial charge in [-0.2, -0.15) is 5.10 Å². The summed E-state index contributed by atoms with van der Waals surface area (Å²) >= 11 is 7.59. The Morgan fingerprint density at radius 1 is 1.47 bits per heavy atom. The molecule has 0 radical (unpaired) electrons. The monoisotopic (exact) mass is 446 g/mol. The zero-order chi connectivity index (χ0) is 21.3. The molecule has 0 aliphatic carbocycles. The Kier molecular flexibility index (Phi) is 6.12. The zero-order valence-electron chi connectivity index (χ0n) is 16.8. The van der Waals surface area contributed by atoms with Gasteiger partial charge in [0.2, 0.25) is 5.91 Å². The van der Waals surface area contributed by atoms with Crippen LogP contribution in [0.2, 0.25) is 5.02 Å². The maximum absolute atomic E-state index is 12.4. The first-order valence-electron chi connectivity index (χ1n) is 9.74. The minimum absolute atomic E-state index is 0.0972.